The van der Waals surface area contributed by atoms with Crippen LogP contribution in [0.4, 0.5) is 0 Å². The van der Waals surface area contributed by atoms with Gasteiger partial charge in [-0.05, 0) is 5.41 Å². The van der Waals surface area contributed by atoms with Crippen molar-refractivity contribution in [2.45, 2.75) is 4.58 Å². The van der Waals surface area contributed by atoms with E-state index in [1.165, 1.54) is 0 Å². The Labute approximate surface area is 61.7 Å². The molecule has 0 radical (unpaired) electrons. The van der Waals surface area contributed by atoms with Gasteiger partial charge in [-0.2, -0.15) is 0 Å². The number of thioether (sulfide) groups is 1. The first-order chi connectivity index (χ1) is 4.34. The summed E-state index contributed by atoms with van der Waals surface area (Å²) in [6.45, 7) is 3.59. The minimum atomic E-state index is -0.720. The van der Waals surface area contributed by atoms with Crippen molar-refractivity contribution >= 4 is 22.6 Å². The quantitative estimate of drug-likeness (QED) is 0.541. The van der Waals surface area contributed by atoms with Crippen LogP contribution in [0.5, 0.6) is 0 Å². The van der Waals surface area contributed by atoms with Crippen molar-refractivity contribution < 1.29 is 4.21 Å². The van der Waals surface area contributed by atoms with Crippen molar-refractivity contribution in [3.63, 3.8) is 0 Å². The first kappa shape index (κ1) is 7.09. The van der Waals surface area contributed by atoms with Crippen LogP contribution in [0.15, 0.2) is 24.1 Å². The second-order valence-corrected chi connectivity index (χ2v) is 4.61. The van der Waals surface area contributed by atoms with Gasteiger partial charge in [-0.15, -0.1) is 18.3 Å². The highest BCUT2D eigenvalue weighted by Gasteiger charge is 2.13. The van der Waals surface area contributed by atoms with E-state index in [1.54, 1.807) is 17.8 Å². The predicted octanol–water partition coefficient (Wildman–Crippen LogP) is 1.51. The van der Waals surface area contributed by atoms with Gasteiger partial charge in [0.05, 0.1) is 0 Å². The van der Waals surface area contributed by atoms with Gasteiger partial charge in [0.25, 0.3) is 0 Å². The average Bonchev–Trinajstić information content (AvgIpc) is 1.89. The molecule has 0 aromatic rings. The monoisotopic (exact) mass is 160 g/mol. The Morgan fingerprint density at radius 1 is 1.89 bits per heavy atom. The number of rotatable bonds is 1. The summed E-state index contributed by atoms with van der Waals surface area (Å²) in [6, 6.07) is 0. The molecule has 0 amide bonds. The van der Waals surface area contributed by atoms with E-state index in [-0.39, 0.29) is 4.58 Å². The zero-order valence-corrected chi connectivity index (χ0v) is 6.58. The summed E-state index contributed by atoms with van der Waals surface area (Å²) >= 11 is 1.57. The minimum absolute atomic E-state index is 0.120. The zero-order valence-electron chi connectivity index (χ0n) is 4.95. The molecule has 0 bridgehead atoms. The number of hydrogen-bond acceptors (Lipinski definition) is 2. The Balaban J connectivity index is 2.63. The molecule has 0 aliphatic carbocycles. The first-order valence-corrected chi connectivity index (χ1v) is 4.97. The Hall–Kier alpha value is -0.0200. The summed E-state index contributed by atoms with van der Waals surface area (Å²) in [7, 11) is -0.720. The van der Waals surface area contributed by atoms with Gasteiger partial charge < -0.3 is 0 Å². The molecule has 9 heavy (non-hydrogen) atoms. The van der Waals surface area contributed by atoms with Crippen LogP contribution in [0.25, 0.3) is 0 Å². The third-order valence-electron chi connectivity index (χ3n) is 1.02. The van der Waals surface area contributed by atoms with E-state index in [1.807, 2.05) is 11.5 Å². The van der Waals surface area contributed by atoms with Crippen LogP contribution in [0.1, 0.15) is 0 Å². The van der Waals surface area contributed by atoms with Gasteiger partial charge in [0.1, 0.15) is 4.58 Å². The molecule has 1 aliphatic rings. The van der Waals surface area contributed by atoms with E-state index in [0.29, 0.717) is 5.75 Å². The van der Waals surface area contributed by atoms with Gasteiger partial charge in [0.15, 0.2) is 0 Å². The van der Waals surface area contributed by atoms with E-state index in [9.17, 15) is 4.21 Å². The second-order valence-electron chi connectivity index (χ2n) is 1.66. The largest absolute Gasteiger partial charge is 0.258 e. The van der Waals surface area contributed by atoms with Crippen LogP contribution < -0.4 is 0 Å². The summed E-state index contributed by atoms with van der Waals surface area (Å²) in [5, 5.41) is 1.98. The normalized spacial score (nSPS) is 34.2. The SMILES string of the molecule is C=C[C@@H]1SC=CC[S@]1=O. The molecular weight excluding hydrogens is 152 g/mol. The van der Waals surface area contributed by atoms with Crippen LogP contribution in [-0.4, -0.2) is 14.5 Å². The van der Waals surface area contributed by atoms with Gasteiger partial charge in [-0.3, -0.25) is 4.21 Å². The fourth-order valence-electron chi connectivity index (χ4n) is 0.587. The van der Waals surface area contributed by atoms with Crippen molar-refractivity contribution in [3.05, 3.63) is 24.1 Å². The smallest absolute Gasteiger partial charge is 0.102 e. The molecule has 2 atom stereocenters. The average molecular weight is 160 g/mol. The van der Waals surface area contributed by atoms with E-state index < -0.39 is 10.8 Å². The molecule has 0 spiro atoms. The molecule has 3 heteroatoms. The van der Waals surface area contributed by atoms with Gasteiger partial charge >= 0.3 is 0 Å². The van der Waals surface area contributed by atoms with Gasteiger partial charge in [0, 0.05) is 16.6 Å². The van der Waals surface area contributed by atoms with Gasteiger partial charge in [-0.1, -0.05) is 12.2 Å². The highest BCUT2D eigenvalue weighted by atomic mass is 32.2. The Kier molecular flexibility index (Phi) is 2.54. The molecule has 1 rings (SSSR count). The third kappa shape index (κ3) is 1.69. The molecule has 0 unspecified atom stereocenters. The summed E-state index contributed by atoms with van der Waals surface area (Å²) in [5.41, 5.74) is 0. The summed E-state index contributed by atoms with van der Waals surface area (Å²) in [4.78, 5) is 0. The van der Waals surface area contributed by atoms with Crippen molar-refractivity contribution in [2.24, 2.45) is 0 Å². The molecule has 0 saturated carbocycles. The first-order valence-electron chi connectivity index (χ1n) is 2.65. The van der Waals surface area contributed by atoms with Crippen LogP contribution in [-0.2, 0) is 10.8 Å². The van der Waals surface area contributed by atoms with Crippen LogP contribution in [0.3, 0.4) is 0 Å². The van der Waals surface area contributed by atoms with E-state index in [4.69, 9.17) is 0 Å². The minimum Gasteiger partial charge on any atom is -0.258 e. The van der Waals surface area contributed by atoms with E-state index in [0.717, 1.165) is 0 Å². The topological polar surface area (TPSA) is 17.1 Å². The molecule has 0 saturated heterocycles. The van der Waals surface area contributed by atoms with Crippen LogP contribution >= 0.6 is 11.8 Å². The molecule has 0 fully saturated rings. The lowest BCUT2D eigenvalue weighted by Crippen LogP contribution is -2.11. The highest BCUT2D eigenvalue weighted by molar-refractivity contribution is 8.13. The van der Waals surface area contributed by atoms with Crippen molar-refractivity contribution in [3.8, 4) is 0 Å². The lowest BCUT2D eigenvalue weighted by atomic mass is 10.7. The molecule has 50 valence electrons. The fraction of sp³-hybridized carbons (Fsp3) is 0.333. The van der Waals surface area contributed by atoms with Gasteiger partial charge in [0.2, 0.25) is 0 Å². The summed E-state index contributed by atoms with van der Waals surface area (Å²) in [6.07, 6.45) is 3.67. The second kappa shape index (κ2) is 3.22. The maximum atomic E-state index is 11.0. The molecular formula is C6H8OS2. The molecule has 1 aliphatic heterocycles. The van der Waals surface area contributed by atoms with Crippen molar-refractivity contribution in [1.82, 2.24) is 0 Å². The fourth-order valence-corrected chi connectivity index (χ4v) is 2.80. The van der Waals surface area contributed by atoms with E-state index in [2.05, 4.69) is 6.58 Å². The molecule has 0 aromatic heterocycles. The standard InChI is InChI=1S/C6H8OS2/c1-2-6-8-4-3-5-9(6)7/h2-4,6H,1,5H2/t6-,9-/m1/s1. The molecule has 1 nitrogen and oxygen atoms in total. The molecule has 0 aromatic carbocycles. The maximum absolute atomic E-state index is 11.0. The third-order valence-corrected chi connectivity index (χ3v) is 4.04. The Morgan fingerprint density at radius 3 is 3.11 bits per heavy atom. The van der Waals surface area contributed by atoms with E-state index >= 15 is 0 Å². The summed E-state index contributed by atoms with van der Waals surface area (Å²) < 4.78 is 11.1. The summed E-state index contributed by atoms with van der Waals surface area (Å²) in [5.74, 6) is 0.684. The predicted molar refractivity (Wildman–Crippen MR) is 43.7 cm³/mol. The lowest BCUT2D eigenvalue weighted by molar-refractivity contribution is 0.685. The van der Waals surface area contributed by atoms with Crippen LogP contribution in [0.2, 0.25) is 0 Å². The Bertz CT molecular complexity index is 162. The zero-order chi connectivity index (χ0) is 6.69. The molecule has 1 heterocycles. The van der Waals surface area contributed by atoms with Crippen molar-refractivity contribution in [1.29, 1.82) is 0 Å². The van der Waals surface area contributed by atoms with Crippen molar-refractivity contribution in [2.75, 3.05) is 5.75 Å². The Morgan fingerprint density at radius 2 is 2.67 bits per heavy atom. The number of hydrogen-bond donors (Lipinski definition) is 0. The molecule has 0 N–H and O–H groups in total. The van der Waals surface area contributed by atoms with Crippen LogP contribution in [0, 0.1) is 0 Å². The van der Waals surface area contributed by atoms with Gasteiger partial charge in [-0.25, -0.2) is 0 Å². The highest BCUT2D eigenvalue weighted by Crippen LogP contribution is 2.21. The maximum Gasteiger partial charge on any atom is 0.102 e. The lowest BCUT2D eigenvalue weighted by Gasteiger charge is -2.10.